The van der Waals surface area contributed by atoms with E-state index in [0.29, 0.717) is 0 Å². The number of hydrogen-bond acceptors (Lipinski definition) is 5. The highest BCUT2D eigenvalue weighted by atomic mass is 16.6. The van der Waals surface area contributed by atoms with E-state index < -0.39 is 30.5 Å². The number of rotatable bonds is 2. The van der Waals surface area contributed by atoms with Gasteiger partial charge >= 0.3 is 0 Å². The molecule has 1 fully saturated rings. The summed E-state index contributed by atoms with van der Waals surface area (Å²) in [5, 5.41) is 27.9. The van der Waals surface area contributed by atoms with Crippen LogP contribution in [0.2, 0.25) is 0 Å². The summed E-state index contributed by atoms with van der Waals surface area (Å²) in [4.78, 5) is 0. The van der Waals surface area contributed by atoms with Gasteiger partial charge in [-0.05, 0) is 6.92 Å². The van der Waals surface area contributed by atoms with Gasteiger partial charge in [-0.1, -0.05) is 0 Å². The molecule has 13 heavy (non-hydrogen) atoms. The van der Waals surface area contributed by atoms with Crippen molar-refractivity contribution in [1.82, 2.24) is 0 Å². The maximum Gasteiger partial charge on any atom is 0.114 e. The highest BCUT2D eigenvalue weighted by molar-refractivity contribution is 4.91. The largest absolute Gasteiger partial charge is 0.394 e. The molecule has 5 nitrogen and oxygen atoms in total. The van der Waals surface area contributed by atoms with Crippen molar-refractivity contribution in [2.75, 3.05) is 13.7 Å². The summed E-state index contributed by atoms with van der Waals surface area (Å²) < 4.78 is 10.1. The molecule has 0 aromatic heterocycles. The molecule has 0 amide bonds. The molecule has 0 bridgehead atoms. The molecule has 0 aromatic carbocycles. The summed E-state index contributed by atoms with van der Waals surface area (Å²) in [7, 11) is 1.41. The SMILES string of the molecule is COC1[C@H](O)C(C)OC(CO)[C@@H]1O. The molecule has 3 N–H and O–H groups in total. The smallest absolute Gasteiger partial charge is 0.114 e. The molecule has 78 valence electrons. The van der Waals surface area contributed by atoms with Crippen LogP contribution in [0.1, 0.15) is 6.92 Å². The molecule has 0 aliphatic carbocycles. The van der Waals surface area contributed by atoms with Gasteiger partial charge in [0.15, 0.2) is 0 Å². The Hall–Kier alpha value is -0.200. The monoisotopic (exact) mass is 192 g/mol. The highest BCUT2D eigenvalue weighted by Crippen LogP contribution is 2.22. The summed E-state index contributed by atoms with van der Waals surface area (Å²) in [5.74, 6) is 0. The topological polar surface area (TPSA) is 79.2 Å². The minimum atomic E-state index is -0.985. The number of aliphatic hydroxyl groups is 3. The second kappa shape index (κ2) is 4.34. The van der Waals surface area contributed by atoms with Crippen molar-refractivity contribution in [3.63, 3.8) is 0 Å². The lowest BCUT2D eigenvalue weighted by Crippen LogP contribution is -2.58. The quantitative estimate of drug-likeness (QED) is 0.496. The predicted octanol–water partition coefficient (Wildman–Crippen LogP) is -1.50. The third-order valence-electron chi connectivity index (χ3n) is 2.38. The van der Waals surface area contributed by atoms with Crippen molar-refractivity contribution in [1.29, 1.82) is 0 Å². The fraction of sp³-hybridized carbons (Fsp3) is 1.00. The number of aliphatic hydroxyl groups excluding tert-OH is 3. The lowest BCUT2D eigenvalue weighted by atomic mass is 9.96. The normalized spacial score (nSPS) is 46.4. The van der Waals surface area contributed by atoms with E-state index in [-0.39, 0.29) is 6.61 Å². The van der Waals surface area contributed by atoms with Gasteiger partial charge in [-0.2, -0.15) is 0 Å². The zero-order valence-electron chi connectivity index (χ0n) is 7.75. The van der Waals surface area contributed by atoms with Gasteiger partial charge in [0, 0.05) is 7.11 Å². The van der Waals surface area contributed by atoms with E-state index >= 15 is 0 Å². The second-order valence-corrected chi connectivity index (χ2v) is 3.24. The highest BCUT2D eigenvalue weighted by Gasteiger charge is 2.42. The molecule has 1 heterocycles. The van der Waals surface area contributed by atoms with Gasteiger partial charge in [0.1, 0.15) is 24.4 Å². The Morgan fingerprint density at radius 2 is 1.92 bits per heavy atom. The van der Waals surface area contributed by atoms with Crippen LogP contribution >= 0.6 is 0 Å². The molecular weight excluding hydrogens is 176 g/mol. The van der Waals surface area contributed by atoms with Crippen LogP contribution in [0.4, 0.5) is 0 Å². The fourth-order valence-electron chi connectivity index (χ4n) is 1.55. The van der Waals surface area contributed by atoms with E-state index in [0.717, 1.165) is 0 Å². The van der Waals surface area contributed by atoms with Crippen LogP contribution in [0.25, 0.3) is 0 Å². The number of ether oxygens (including phenoxy) is 2. The average molecular weight is 192 g/mol. The van der Waals surface area contributed by atoms with E-state index in [4.69, 9.17) is 14.6 Å². The number of hydrogen-bond donors (Lipinski definition) is 3. The molecule has 0 aromatic rings. The minimum Gasteiger partial charge on any atom is -0.394 e. The molecule has 1 saturated heterocycles. The van der Waals surface area contributed by atoms with Crippen LogP contribution in [-0.2, 0) is 9.47 Å². The first-order valence-electron chi connectivity index (χ1n) is 4.27. The standard InChI is InChI=1S/C8H16O5/c1-4-6(10)8(12-2)7(11)5(3-9)13-4/h4-11H,3H2,1-2H3/t4?,5?,6-,7+,8?/m1/s1. The Bertz CT molecular complexity index is 163. The number of methoxy groups -OCH3 is 1. The zero-order valence-corrected chi connectivity index (χ0v) is 7.75. The predicted molar refractivity (Wildman–Crippen MR) is 44.2 cm³/mol. The molecule has 3 unspecified atom stereocenters. The van der Waals surface area contributed by atoms with E-state index in [2.05, 4.69) is 0 Å². The van der Waals surface area contributed by atoms with Gasteiger partial charge in [-0.15, -0.1) is 0 Å². The summed E-state index contributed by atoms with van der Waals surface area (Å²) in [6.07, 6.45) is -3.65. The summed E-state index contributed by atoms with van der Waals surface area (Å²) in [5.41, 5.74) is 0. The van der Waals surface area contributed by atoms with Crippen molar-refractivity contribution >= 4 is 0 Å². The van der Waals surface area contributed by atoms with Crippen LogP contribution in [0.5, 0.6) is 0 Å². The van der Waals surface area contributed by atoms with E-state index in [9.17, 15) is 10.2 Å². The van der Waals surface area contributed by atoms with Gasteiger partial charge in [0.05, 0.1) is 12.7 Å². The van der Waals surface area contributed by atoms with Gasteiger partial charge < -0.3 is 24.8 Å². The van der Waals surface area contributed by atoms with Crippen LogP contribution in [0.15, 0.2) is 0 Å². The Labute approximate surface area is 76.9 Å². The third-order valence-corrected chi connectivity index (χ3v) is 2.38. The summed E-state index contributed by atoms with van der Waals surface area (Å²) in [6.45, 7) is 1.39. The molecule has 1 rings (SSSR count). The third kappa shape index (κ3) is 2.00. The van der Waals surface area contributed by atoms with E-state index in [1.165, 1.54) is 7.11 Å². The van der Waals surface area contributed by atoms with Crippen molar-refractivity contribution in [3.05, 3.63) is 0 Å². The first-order valence-corrected chi connectivity index (χ1v) is 4.27. The van der Waals surface area contributed by atoms with Gasteiger partial charge in [-0.25, -0.2) is 0 Å². The van der Waals surface area contributed by atoms with E-state index in [1.54, 1.807) is 6.92 Å². The lowest BCUT2D eigenvalue weighted by molar-refractivity contribution is -0.231. The van der Waals surface area contributed by atoms with Crippen molar-refractivity contribution in [2.24, 2.45) is 0 Å². The Morgan fingerprint density at radius 3 is 2.38 bits per heavy atom. The molecular formula is C8H16O5. The lowest BCUT2D eigenvalue weighted by Gasteiger charge is -2.40. The van der Waals surface area contributed by atoms with Crippen molar-refractivity contribution < 1.29 is 24.8 Å². The molecule has 0 radical (unpaired) electrons. The molecule has 5 heteroatoms. The Kier molecular flexibility index (Phi) is 3.63. The van der Waals surface area contributed by atoms with Gasteiger partial charge in [0.2, 0.25) is 0 Å². The van der Waals surface area contributed by atoms with Crippen LogP contribution in [0, 0.1) is 0 Å². The maximum absolute atomic E-state index is 9.55. The summed E-state index contributed by atoms with van der Waals surface area (Å²) in [6, 6.07) is 0. The minimum absolute atomic E-state index is 0.280. The molecule has 0 spiro atoms. The van der Waals surface area contributed by atoms with Crippen molar-refractivity contribution in [2.45, 2.75) is 37.4 Å². The molecule has 1 aliphatic heterocycles. The van der Waals surface area contributed by atoms with Gasteiger partial charge in [-0.3, -0.25) is 0 Å². The van der Waals surface area contributed by atoms with Gasteiger partial charge in [0.25, 0.3) is 0 Å². The first-order chi connectivity index (χ1) is 6.11. The van der Waals surface area contributed by atoms with Crippen molar-refractivity contribution in [3.8, 4) is 0 Å². The fourth-order valence-corrected chi connectivity index (χ4v) is 1.55. The zero-order chi connectivity index (χ0) is 10.0. The Balaban J connectivity index is 2.69. The first kappa shape index (κ1) is 10.9. The Morgan fingerprint density at radius 1 is 1.31 bits per heavy atom. The summed E-state index contributed by atoms with van der Waals surface area (Å²) >= 11 is 0. The molecule has 1 aliphatic rings. The molecule has 5 atom stereocenters. The van der Waals surface area contributed by atoms with Crippen LogP contribution in [0.3, 0.4) is 0 Å². The maximum atomic E-state index is 9.55. The molecule has 0 saturated carbocycles. The van der Waals surface area contributed by atoms with Crippen LogP contribution in [-0.4, -0.2) is 59.6 Å². The van der Waals surface area contributed by atoms with E-state index in [1.807, 2.05) is 0 Å². The average Bonchev–Trinajstić information content (AvgIpc) is 2.12. The van der Waals surface area contributed by atoms with Crippen LogP contribution < -0.4 is 0 Å². The second-order valence-electron chi connectivity index (χ2n) is 3.24.